The molecule has 0 saturated heterocycles. The van der Waals surface area contributed by atoms with E-state index in [0.717, 1.165) is 45.3 Å². The summed E-state index contributed by atoms with van der Waals surface area (Å²) in [5, 5.41) is 0. The van der Waals surface area contributed by atoms with Crippen molar-refractivity contribution in [1.82, 2.24) is 4.90 Å². The van der Waals surface area contributed by atoms with Gasteiger partial charge in [0.15, 0.2) is 0 Å². The molecule has 5 nitrogen and oxygen atoms in total. The van der Waals surface area contributed by atoms with E-state index in [1.54, 1.807) is 0 Å². The van der Waals surface area contributed by atoms with Crippen LogP contribution in [0.15, 0.2) is 0 Å². The van der Waals surface area contributed by atoms with Gasteiger partial charge < -0.3 is 14.4 Å². The zero-order chi connectivity index (χ0) is 20.5. The molecule has 0 aromatic heterocycles. The standard InChI is InChI=1S/C22H41NO4/c1-7-22(6,20(25)27-18-13-11-10-12-14-18)17-21(4,5)19(24)26-16-15-23(8-2)9-3/h18H,7-17H2,1-6H3. The summed E-state index contributed by atoms with van der Waals surface area (Å²) >= 11 is 0. The van der Waals surface area contributed by atoms with Crippen LogP contribution in [0, 0.1) is 10.8 Å². The van der Waals surface area contributed by atoms with Gasteiger partial charge in [0.2, 0.25) is 0 Å². The van der Waals surface area contributed by atoms with Gasteiger partial charge in [0.05, 0.1) is 10.8 Å². The molecule has 0 spiro atoms. The molecule has 1 aliphatic rings. The Balaban J connectivity index is 2.62. The van der Waals surface area contributed by atoms with Gasteiger partial charge in [-0.3, -0.25) is 9.59 Å². The van der Waals surface area contributed by atoms with E-state index in [0.29, 0.717) is 19.4 Å². The zero-order valence-electron chi connectivity index (χ0n) is 18.4. The van der Waals surface area contributed by atoms with Crippen LogP contribution in [0.25, 0.3) is 0 Å². The fourth-order valence-electron chi connectivity index (χ4n) is 3.87. The Morgan fingerprint density at radius 3 is 2.07 bits per heavy atom. The third-order valence-corrected chi connectivity index (χ3v) is 6.02. The zero-order valence-corrected chi connectivity index (χ0v) is 18.4. The van der Waals surface area contributed by atoms with Crippen molar-refractivity contribution in [3.63, 3.8) is 0 Å². The first-order chi connectivity index (χ1) is 12.7. The lowest BCUT2D eigenvalue weighted by Gasteiger charge is -2.35. The van der Waals surface area contributed by atoms with E-state index in [2.05, 4.69) is 18.7 Å². The van der Waals surface area contributed by atoms with E-state index in [9.17, 15) is 9.59 Å². The van der Waals surface area contributed by atoms with Crippen LogP contribution in [0.3, 0.4) is 0 Å². The second-order valence-electron chi connectivity index (χ2n) is 8.80. The minimum atomic E-state index is -0.723. The maximum atomic E-state index is 12.9. The van der Waals surface area contributed by atoms with E-state index >= 15 is 0 Å². The third-order valence-electron chi connectivity index (χ3n) is 6.02. The number of hydrogen-bond donors (Lipinski definition) is 0. The van der Waals surface area contributed by atoms with E-state index < -0.39 is 10.8 Å². The van der Waals surface area contributed by atoms with Gasteiger partial charge in [-0.15, -0.1) is 0 Å². The molecule has 0 N–H and O–H groups in total. The van der Waals surface area contributed by atoms with E-state index in [1.807, 2.05) is 27.7 Å². The second-order valence-corrected chi connectivity index (χ2v) is 8.80. The highest BCUT2D eigenvalue weighted by Gasteiger charge is 2.43. The van der Waals surface area contributed by atoms with Crippen LogP contribution in [0.1, 0.15) is 86.5 Å². The number of ether oxygens (including phenoxy) is 2. The van der Waals surface area contributed by atoms with Gasteiger partial charge in [-0.2, -0.15) is 0 Å². The number of carbonyl (C=O) groups excluding carboxylic acids is 2. The minimum absolute atomic E-state index is 0.0428. The highest BCUT2D eigenvalue weighted by atomic mass is 16.5. The molecule has 158 valence electrons. The smallest absolute Gasteiger partial charge is 0.312 e. The summed E-state index contributed by atoms with van der Waals surface area (Å²) in [5.74, 6) is -0.402. The van der Waals surface area contributed by atoms with Gasteiger partial charge >= 0.3 is 11.9 Å². The number of hydrogen-bond acceptors (Lipinski definition) is 5. The fourth-order valence-corrected chi connectivity index (χ4v) is 3.87. The lowest BCUT2D eigenvalue weighted by Crippen LogP contribution is -2.40. The number of nitrogens with zero attached hydrogens (tertiary/aromatic N) is 1. The Labute approximate surface area is 166 Å². The minimum Gasteiger partial charge on any atom is -0.464 e. The molecular weight excluding hydrogens is 342 g/mol. The molecular formula is C22H41NO4. The fraction of sp³-hybridized carbons (Fsp3) is 0.909. The Bertz CT molecular complexity index is 467. The number of carbonyl (C=O) groups is 2. The van der Waals surface area contributed by atoms with Crippen LogP contribution >= 0.6 is 0 Å². The summed E-state index contributed by atoms with van der Waals surface area (Å²) in [5.41, 5.74) is -1.39. The summed E-state index contributed by atoms with van der Waals surface area (Å²) in [6.45, 7) is 14.9. The van der Waals surface area contributed by atoms with E-state index in [4.69, 9.17) is 9.47 Å². The monoisotopic (exact) mass is 383 g/mol. The lowest BCUT2D eigenvalue weighted by atomic mass is 9.72. The molecule has 1 fully saturated rings. The van der Waals surface area contributed by atoms with Gasteiger partial charge in [-0.1, -0.05) is 27.2 Å². The molecule has 0 radical (unpaired) electrons. The molecule has 0 amide bonds. The van der Waals surface area contributed by atoms with Crippen LogP contribution in [0.4, 0.5) is 0 Å². The predicted octanol–water partition coefficient (Wildman–Crippen LogP) is 4.58. The molecule has 0 aromatic rings. The highest BCUT2D eigenvalue weighted by Crippen LogP contribution is 2.39. The van der Waals surface area contributed by atoms with E-state index in [-0.39, 0.29) is 18.0 Å². The van der Waals surface area contributed by atoms with Crippen LogP contribution in [0.5, 0.6) is 0 Å². The maximum absolute atomic E-state index is 12.9. The number of rotatable bonds is 11. The predicted molar refractivity (Wildman–Crippen MR) is 109 cm³/mol. The molecule has 0 aliphatic heterocycles. The van der Waals surface area contributed by atoms with Crippen LogP contribution in [0.2, 0.25) is 0 Å². The summed E-state index contributed by atoms with van der Waals surface area (Å²) in [6, 6.07) is 0. The molecule has 1 saturated carbocycles. The quantitative estimate of drug-likeness (QED) is 0.489. The SMILES string of the molecule is CCN(CC)CCOC(=O)C(C)(C)CC(C)(CC)C(=O)OC1CCCCC1. The summed E-state index contributed by atoms with van der Waals surface area (Å²) in [6.07, 6.45) is 6.54. The van der Waals surface area contributed by atoms with Crippen molar-refractivity contribution in [2.75, 3.05) is 26.2 Å². The first-order valence-electron chi connectivity index (χ1n) is 10.8. The molecule has 1 unspecified atom stereocenters. The molecule has 0 aromatic carbocycles. The lowest BCUT2D eigenvalue weighted by molar-refractivity contribution is -0.168. The second kappa shape index (κ2) is 11.0. The average Bonchev–Trinajstić information content (AvgIpc) is 2.65. The molecule has 1 atom stereocenters. The molecule has 1 rings (SSSR count). The van der Waals surface area contributed by atoms with Gasteiger partial charge in [0.1, 0.15) is 12.7 Å². The Kier molecular flexibility index (Phi) is 9.78. The van der Waals surface area contributed by atoms with Crippen LogP contribution in [-0.4, -0.2) is 49.2 Å². The topological polar surface area (TPSA) is 55.8 Å². The number of esters is 2. The Hall–Kier alpha value is -1.10. The van der Waals surface area contributed by atoms with Crippen molar-refractivity contribution in [1.29, 1.82) is 0 Å². The van der Waals surface area contributed by atoms with Crippen LogP contribution in [-0.2, 0) is 19.1 Å². The first-order valence-corrected chi connectivity index (χ1v) is 10.8. The Morgan fingerprint density at radius 2 is 1.56 bits per heavy atom. The Morgan fingerprint density at radius 1 is 0.963 bits per heavy atom. The van der Waals surface area contributed by atoms with Crippen molar-refractivity contribution in [2.45, 2.75) is 92.6 Å². The van der Waals surface area contributed by atoms with Gasteiger partial charge in [-0.05, 0) is 72.4 Å². The van der Waals surface area contributed by atoms with E-state index in [1.165, 1.54) is 6.42 Å². The molecule has 0 heterocycles. The normalized spacial score (nSPS) is 18.2. The van der Waals surface area contributed by atoms with Crippen molar-refractivity contribution in [3.8, 4) is 0 Å². The molecule has 5 heteroatoms. The molecule has 27 heavy (non-hydrogen) atoms. The third kappa shape index (κ3) is 7.44. The summed E-state index contributed by atoms with van der Waals surface area (Å²) in [4.78, 5) is 27.7. The molecule has 1 aliphatic carbocycles. The summed E-state index contributed by atoms with van der Waals surface area (Å²) < 4.78 is 11.3. The highest BCUT2D eigenvalue weighted by molar-refractivity contribution is 5.80. The van der Waals surface area contributed by atoms with Gasteiger partial charge in [-0.25, -0.2) is 0 Å². The average molecular weight is 384 g/mol. The van der Waals surface area contributed by atoms with Crippen LogP contribution < -0.4 is 0 Å². The van der Waals surface area contributed by atoms with Gasteiger partial charge in [0.25, 0.3) is 0 Å². The largest absolute Gasteiger partial charge is 0.464 e. The maximum Gasteiger partial charge on any atom is 0.312 e. The summed E-state index contributed by atoms with van der Waals surface area (Å²) in [7, 11) is 0. The van der Waals surface area contributed by atoms with Crippen molar-refractivity contribution in [3.05, 3.63) is 0 Å². The molecule has 0 bridgehead atoms. The van der Waals surface area contributed by atoms with Crippen molar-refractivity contribution in [2.24, 2.45) is 10.8 Å². The van der Waals surface area contributed by atoms with Crippen molar-refractivity contribution >= 4 is 11.9 Å². The van der Waals surface area contributed by atoms with Crippen molar-refractivity contribution < 1.29 is 19.1 Å². The number of likely N-dealkylation sites (N-methyl/N-ethyl adjacent to an activating group) is 1. The first kappa shape index (κ1) is 23.9. The van der Waals surface area contributed by atoms with Gasteiger partial charge in [0, 0.05) is 6.54 Å².